The molecule has 0 fully saturated rings. The van der Waals surface area contributed by atoms with E-state index in [1.807, 2.05) is 17.5 Å². The molecule has 0 radical (unpaired) electrons. The van der Waals surface area contributed by atoms with Gasteiger partial charge in [-0.3, -0.25) is 10.1 Å². The summed E-state index contributed by atoms with van der Waals surface area (Å²) in [5.74, 6) is -0.331. The number of halogens is 2. The fourth-order valence-electron chi connectivity index (χ4n) is 3.39. The van der Waals surface area contributed by atoms with E-state index in [2.05, 4.69) is 21.4 Å². The summed E-state index contributed by atoms with van der Waals surface area (Å²) < 4.78 is 0. The number of carbonyl (C=O) groups is 1. The van der Waals surface area contributed by atoms with Crippen LogP contribution in [0.5, 0.6) is 0 Å². The van der Waals surface area contributed by atoms with E-state index in [0.29, 0.717) is 36.7 Å². The van der Waals surface area contributed by atoms with Gasteiger partial charge in [0.2, 0.25) is 0 Å². The molecule has 4 heterocycles. The third-order valence-corrected chi connectivity index (χ3v) is 8.41. The zero-order valence-corrected chi connectivity index (χ0v) is 20.9. The van der Waals surface area contributed by atoms with Crippen molar-refractivity contribution < 1.29 is 4.79 Å². The van der Waals surface area contributed by atoms with E-state index in [0.717, 1.165) is 21.8 Å². The van der Waals surface area contributed by atoms with Crippen LogP contribution in [0.4, 0.5) is 16.6 Å². The minimum Gasteiger partial charge on any atom is -0.397 e. The summed E-state index contributed by atoms with van der Waals surface area (Å²) in [6.07, 6.45) is 0. The molecular formula is C22H12Cl2N6OS3. The first-order valence-electron chi connectivity index (χ1n) is 9.55. The Hall–Kier alpha value is -3.20. The number of nitrogens with two attached hydrogens (primary N) is 2. The normalized spacial score (nSPS) is 11.0. The van der Waals surface area contributed by atoms with Crippen molar-refractivity contribution in [2.24, 2.45) is 0 Å². The smallest absolute Gasteiger partial charge is 0.269 e. The summed E-state index contributed by atoms with van der Waals surface area (Å²) >= 11 is 15.9. The molecule has 7 nitrogen and oxygen atoms in total. The highest BCUT2D eigenvalue weighted by Gasteiger charge is 2.25. The standard InChI is InChI=1S/C22H12Cl2N6OS3/c23-11-4-3-9(6-12(11)24)13-8-33-22(28-13)30-20(31)18-17(26)16-15(14-2-1-5-32-14)10(7-25)19(27)29-21(16)34-18/h1-6,8H,26H2,(H2,27,29)(H,28,30,31). The summed E-state index contributed by atoms with van der Waals surface area (Å²) in [4.78, 5) is 23.5. The van der Waals surface area contributed by atoms with Crippen molar-refractivity contribution in [3.8, 4) is 27.8 Å². The highest BCUT2D eigenvalue weighted by atomic mass is 35.5. The van der Waals surface area contributed by atoms with Gasteiger partial charge in [0.1, 0.15) is 27.2 Å². The lowest BCUT2D eigenvalue weighted by molar-refractivity contribution is 0.103. The van der Waals surface area contributed by atoms with Gasteiger partial charge < -0.3 is 11.5 Å². The third-order valence-electron chi connectivity index (χ3n) is 4.93. The van der Waals surface area contributed by atoms with Gasteiger partial charge in [-0.2, -0.15) is 5.26 Å². The van der Waals surface area contributed by atoms with E-state index >= 15 is 0 Å². The topological polar surface area (TPSA) is 131 Å². The Labute approximate surface area is 215 Å². The lowest BCUT2D eigenvalue weighted by Gasteiger charge is -2.07. The van der Waals surface area contributed by atoms with Crippen LogP contribution in [0.3, 0.4) is 0 Å². The Morgan fingerprint density at radius 3 is 2.65 bits per heavy atom. The van der Waals surface area contributed by atoms with Crippen molar-refractivity contribution in [2.75, 3.05) is 16.8 Å². The largest absolute Gasteiger partial charge is 0.397 e. The molecule has 0 bridgehead atoms. The van der Waals surface area contributed by atoms with Crippen LogP contribution in [0.25, 0.3) is 31.9 Å². The van der Waals surface area contributed by atoms with Gasteiger partial charge in [0.25, 0.3) is 5.91 Å². The fourth-order valence-corrected chi connectivity index (χ4v) is 6.20. The molecule has 5 N–H and O–H groups in total. The molecule has 4 aromatic heterocycles. The van der Waals surface area contributed by atoms with Gasteiger partial charge in [-0.1, -0.05) is 35.3 Å². The quantitative estimate of drug-likeness (QED) is 0.230. The van der Waals surface area contributed by atoms with Crippen LogP contribution in [0.1, 0.15) is 15.2 Å². The van der Waals surface area contributed by atoms with Crippen molar-refractivity contribution in [2.45, 2.75) is 0 Å². The number of nitriles is 1. The van der Waals surface area contributed by atoms with E-state index in [4.69, 9.17) is 34.7 Å². The number of fused-ring (bicyclic) bond motifs is 1. The Kier molecular flexibility index (Phi) is 5.89. The first kappa shape index (κ1) is 22.6. The summed E-state index contributed by atoms with van der Waals surface area (Å²) in [6.45, 7) is 0. The average Bonchev–Trinajstić information content (AvgIpc) is 3.56. The molecule has 34 heavy (non-hydrogen) atoms. The first-order valence-corrected chi connectivity index (χ1v) is 12.9. The van der Waals surface area contributed by atoms with Crippen LogP contribution in [0, 0.1) is 11.3 Å². The number of hydrogen-bond acceptors (Lipinski definition) is 9. The highest BCUT2D eigenvalue weighted by molar-refractivity contribution is 7.21. The number of anilines is 3. The van der Waals surface area contributed by atoms with Crippen molar-refractivity contribution in [3.05, 3.63) is 61.6 Å². The maximum Gasteiger partial charge on any atom is 0.269 e. The summed E-state index contributed by atoms with van der Waals surface area (Å²) in [7, 11) is 0. The molecule has 1 aromatic carbocycles. The second-order valence-corrected chi connectivity index (χ2v) is 10.6. The van der Waals surface area contributed by atoms with E-state index in [9.17, 15) is 10.1 Å². The predicted molar refractivity (Wildman–Crippen MR) is 142 cm³/mol. The van der Waals surface area contributed by atoms with Crippen LogP contribution >= 0.6 is 57.2 Å². The molecule has 0 saturated carbocycles. The molecule has 0 saturated heterocycles. The van der Waals surface area contributed by atoms with Gasteiger partial charge in [-0.25, -0.2) is 9.97 Å². The minimum atomic E-state index is -0.426. The summed E-state index contributed by atoms with van der Waals surface area (Å²) in [5, 5.41) is 18.0. The fraction of sp³-hybridized carbons (Fsp3) is 0. The van der Waals surface area contributed by atoms with Gasteiger partial charge in [0.05, 0.1) is 21.4 Å². The number of thiophene rings is 2. The Balaban J connectivity index is 1.52. The molecular weight excluding hydrogens is 531 g/mol. The predicted octanol–water partition coefficient (Wildman–Crippen LogP) is 6.74. The number of carbonyl (C=O) groups excluding carboxylic acids is 1. The monoisotopic (exact) mass is 542 g/mol. The van der Waals surface area contributed by atoms with Crippen LogP contribution in [0.15, 0.2) is 41.1 Å². The van der Waals surface area contributed by atoms with Crippen LogP contribution in [-0.4, -0.2) is 15.9 Å². The Morgan fingerprint density at radius 2 is 1.94 bits per heavy atom. The molecule has 0 atom stereocenters. The summed E-state index contributed by atoms with van der Waals surface area (Å²) in [6, 6.07) is 11.1. The first-order chi connectivity index (χ1) is 16.4. The number of hydrogen-bond donors (Lipinski definition) is 3. The average molecular weight is 543 g/mol. The molecule has 5 rings (SSSR count). The number of nitrogens with zero attached hydrogens (tertiary/aromatic N) is 3. The number of rotatable bonds is 4. The number of aromatic nitrogens is 2. The molecule has 0 aliphatic heterocycles. The van der Waals surface area contributed by atoms with Crippen LogP contribution < -0.4 is 16.8 Å². The number of thiazole rings is 1. The number of pyridine rings is 1. The second kappa shape index (κ2) is 8.87. The second-order valence-electron chi connectivity index (χ2n) is 6.98. The molecule has 168 valence electrons. The zero-order valence-electron chi connectivity index (χ0n) is 16.9. The number of benzene rings is 1. The van der Waals surface area contributed by atoms with Crippen LogP contribution in [-0.2, 0) is 0 Å². The van der Waals surface area contributed by atoms with Gasteiger partial charge >= 0.3 is 0 Å². The van der Waals surface area contributed by atoms with Crippen LogP contribution in [0.2, 0.25) is 10.0 Å². The Bertz CT molecular complexity index is 1620. The maximum absolute atomic E-state index is 13.1. The van der Waals surface area contributed by atoms with Gasteiger partial charge in [0.15, 0.2) is 5.13 Å². The minimum absolute atomic E-state index is 0.0952. The van der Waals surface area contributed by atoms with Crippen molar-refractivity contribution in [1.82, 2.24) is 9.97 Å². The Morgan fingerprint density at radius 1 is 1.12 bits per heavy atom. The van der Waals surface area contributed by atoms with Crippen molar-refractivity contribution >= 4 is 90.0 Å². The van der Waals surface area contributed by atoms with Gasteiger partial charge in [0, 0.05) is 26.8 Å². The lowest BCUT2D eigenvalue weighted by Crippen LogP contribution is -2.11. The molecule has 1 amide bonds. The molecule has 0 spiro atoms. The molecule has 0 aliphatic carbocycles. The zero-order chi connectivity index (χ0) is 24.0. The van der Waals surface area contributed by atoms with Crippen molar-refractivity contribution in [1.29, 1.82) is 5.26 Å². The van der Waals surface area contributed by atoms with E-state index < -0.39 is 5.91 Å². The summed E-state index contributed by atoms with van der Waals surface area (Å²) in [5.41, 5.74) is 15.0. The molecule has 5 aromatic rings. The van der Waals surface area contributed by atoms with Crippen molar-refractivity contribution in [3.63, 3.8) is 0 Å². The molecule has 12 heteroatoms. The lowest BCUT2D eigenvalue weighted by atomic mass is 10.0. The van der Waals surface area contributed by atoms with Gasteiger partial charge in [-0.15, -0.1) is 34.0 Å². The highest BCUT2D eigenvalue weighted by Crippen LogP contribution is 2.44. The third kappa shape index (κ3) is 3.87. The SMILES string of the molecule is N#Cc1c(N)nc2sc(C(=O)Nc3nc(-c4ccc(Cl)c(Cl)c4)cs3)c(N)c2c1-c1cccs1. The number of nitrogens with one attached hydrogen (secondary N) is 1. The van der Waals surface area contributed by atoms with E-state index in [-0.39, 0.29) is 21.9 Å². The number of amides is 1. The molecule has 0 aliphatic rings. The van der Waals surface area contributed by atoms with Gasteiger partial charge in [-0.05, 0) is 23.6 Å². The molecule has 0 unspecified atom stereocenters. The van der Waals surface area contributed by atoms with E-state index in [1.54, 1.807) is 23.6 Å². The number of nitrogen functional groups attached to an aromatic ring is 2. The maximum atomic E-state index is 13.1. The van der Waals surface area contributed by atoms with E-state index in [1.165, 1.54) is 22.7 Å².